The van der Waals surface area contributed by atoms with E-state index in [0.29, 0.717) is 99.4 Å². The molecule has 78 heavy (non-hydrogen) atoms. The van der Waals surface area contributed by atoms with E-state index in [0.717, 1.165) is 108 Å². The van der Waals surface area contributed by atoms with Crippen LogP contribution in [0.2, 0.25) is 0 Å². The van der Waals surface area contributed by atoms with Crippen LogP contribution in [0.25, 0.3) is 21.5 Å². The molecule has 0 saturated carbocycles. The molecule has 6 aromatic carbocycles. The zero-order valence-corrected chi connectivity index (χ0v) is 45.0. The Balaban J connectivity index is 0.958. The first-order valence-electron chi connectivity index (χ1n) is 27.0. The maximum absolute atomic E-state index is 13.2. The van der Waals surface area contributed by atoms with Gasteiger partial charge in [0.15, 0.2) is 0 Å². The van der Waals surface area contributed by atoms with Gasteiger partial charge in [-0.15, -0.1) is 0 Å². The zero-order chi connectivity index (χ0) is 55.2. The van der Waals surface area contributed by atoms with Crippen molar-refractivity contribution in [2.45, 2.75) is 90.9 Å². The topological polar surface area (TPSA) is 142 Å². The Kier molecular flexibility index (Phi) is 24.8. The van der Waals surface area contributed by atoms with Crippen molar-refractivity contribution in [3.05, 3.63) is 168 Å². The van der Waals surface area contributed by atoms with Crippen LogP contribution in [0, 0.1) is 23.7 Å². The van der Waals surface area contributed by atoms with Crippen molar-refractivity contribution in [1.29, 1.82) is 0 Å². The average molecular weight is 1060 g/mol. The Bertz CT molecular complexity index is 2900. The predicted molar refractivity (Wildman–Crippen MR) is 304 cm³/mol. The summed E-state index contributed by atoms with van der Waals surface area (Å²) < 4.78 is 45.3. The van der Waals surface area contributed by atoms with E-state index in [1.807, 2.05) is 98.8 Å². The Labute approximate surface area is 459 Å². The average Bonchev–Trinajstić information content (AvgIpc) is 3.47. The fraction of sp³-hybridized carbons (Fsp3) is 0.333. The molecule has 6 aromatic rings. The van der Waals surface area contributed by atoms with E-state index in [1.54, 1.807) is 24.3 Å². The van der Waals surface area contributed by atoms with Gasteiger partial charge in [-0.25, -0.2) is 19.2 Å². The van der Waals surface area contributed by atoms with Crippen molar-refractivity contribution in [3.8, 4) is 46.7 Å². The number of fused-ring (bicyclic) bond motifs is 2. The standard InChI is InChI=1S/C66H70O12/c1-5-35-77-65(69)59-45-51(21-19-49-23-27-55-47-57(31-29-53(55)43-49)71-37-15-11-17-41-75-63(67)7-3)25-33-61(59)73-39-13-9-10-14-40-74-62-34-26-52(46-60(62)66(70)78-36-6-2)22-20-50-24-28-56-48-58(32-30-54(56)44-50)72-38-16-12-18-42-76-64(68)8-4/h7-8,23-34,43-48H,3-6,9-18,35-42H2,1-2H3. The van der Waals surface area contributed by atoms with Crippen LogP contribution < -0.4 is 18.9 Å². The summed E-state index contributed by atoms with van der Waals surface area (Å²) >= 11 is 0. The third-order valence-corrected chi connectivity index (χ3v) is 12.1. The molecule has 0 aliphatic carbocycles. The second-order valence-corrected chi connectivity index (χ2v) is 18.3. The highest BCUT2D eigenvalue weighted by atomic mass is 16.5. The smallest absolute Gasteiger partial charge is 0.341 e. The molecule has 0 unspecified atom stereocenters. The summed E-state index contributed by atoms with van der Waals surface area (Å²) in [5.41, 5.74) is 3.65. The van der Waals surface area contributed by atoms with Gasteiger partial charge in [0.25, 0.3) is 0 Å². The molecule has 406 valence electrons. The number of hydrogen-bond acceptors (Lipinski definition) is 12. The molecular weight excluding hydrogens is 985 g/mol. The van der Waals surface area contributed by atoms with Gasteiger partial charge in [-0.3, -0.25) is 0 Å². The van der Waals surface area contributed by atoms with E-state index < -0.39 is 23.9 Å². The number of rotatable bonds is 31. The molecule has 0 fully saturated rings. The van der Waals surface area contributed by atoms with Crippen molar-refractivity contribution >= 4 is 45.4 Å². The van der Waals surface area contributed by atoms with Crippen LogP contribution in [0.3, 0.4) is 0 Å². The number of carbonyl (C=O) groups excluding carboxylic acids is 4. The highest BCUT2D eigenvalue weighted by Crippen LogP contribution is 2.27. The number of hydrogen-bond donors (Lipinski definition) is 0. The van der Waals surface area contributed by atoms with Crippen molar-refractivity contribution < 1.29 is 57.1 Å². The number of benzene rings is 6. The van der Waals surface area contributed by atoms with Crippen LogP contribution in [0.1, 0.15) is 134 Å². The summed E-state index contributed by atoms with van der Waals surface area (Å²) in [6.07, 6.45) is 12.0. The van der Waals surface area contributed by atoms with Crippen LogP contribution in [-0.2, 0) is 28.5 Å². The van der Waals surface area contributed by atoms with Crippen LogP contribution in [0.4, 0.5) is 0 Å². The minimum absolute atomic E-state index is 0.295. The first kappa shape index (κ1) is 58.8. The first-order valence-corrected chi connectivity index (χ1v) is 27.0. The SMILES string of the molecule is C=CC(=O)OCCCCCOc1ccc2cc(C#Cc3ccc(OCCCCCCOc4ccc(C#Cc5ccc6cc(OCCCCCOC(=O)C=C)ccc6c5)cc4C(=O)OCCC)c(C(=O)OCCC)c3)ccc2c1. The summed E-state index contributed by atoms with van der Waals surface area (Å²) in [5, 5.41) is 4.12. The molecule has 0 atom stereocenters. The second kappa shape index (κ2) is 32.8. The Morgan fingerprint density at radius 1 is 0.372 bits per heavy atom. The van der Waals surface area contributed by atoms with Gasteiger partial charge < -0.3 is 37.9 Å². The van der Waals surface area contributed by atoms with Crippen molar-refractivity contribution in [2.75, 3.05) is 52.9 Å². The maximum atomic E-state index is 13.2. The lowest BCUT2D eigenvalue weighted by Crippen LogP contribution is -2.10. The fourth-order valence-corrected chi connectivity index (χ4v) is 7.93. The largest absolute Gasteiger partial charge is 0.494 e. The summed E-state index contributed by atoms with van der Waals surface area (Å²) in [4.78, 5) is 48.8. The minimum Gasteiger partial charge on any atom is -0.494 e. The molecule has 12 nitrogen and oxygen atoms in total. The third-order valence-electron chi connectivity index (χ3n) is 12.1. The van der Waals surface area contributed by atoms with Gasteiger partial charge in [0.1, 0.15) is 34.1 Å². The van der Waals surface area contributed by atoms with Crippen molar-refractivity contribution in [1.82, 2.24) is 0 Å². The van der Waals surface area contributed by atoms with Gasteiger partial charge in [-0.2, -0.15) is 0 Å². The molecule has 0 spiro atoms. The summed E-state index contributed by atoms with van der Waals surface area (Å²) in [6.45, 7) is 14.0. The van der Waals surface area contributed by atoms with Gasteiger partial charge in [0.2, 0.25) is 0 Å². The van der Waals surface area contributed by atoms with E-state index >= 15 is 0 Å². The molecule has 0 amide bonds. The number of unbranched alkanes of at least 4 members (excludes halogenated alkanes) is 7. The molecule has 6 rings (SSSR count). The number of esters is 4. The van der Waals surface area contributed by atoms with Gasteiger partial charge in [-0.05, 0) is 184 Å². The van der Waals surface area contributed by atoms with E-state index in [-0.39, 0.29) is 0 Å². The van der Waals surface area contributed by atoms with E-state index in [2.05, 4.69) is 36.8 Å². The summed E-state index contributed by atoms with van der Waals surface area (Å²) in [6, 6.07) is 34.6. The molecule has 0 bridgehead atoms. The number of carbonyl (C=O) groups is 4. The second-order valence-electron chi connectivity index (χ2n) is 18.3. The van der Waals surface area contributed by atoms with E-state index in [4.69, 9.17) is 37.9 Å². The quantitative estimate of drug-likeness (QED) is 0.0134. The highest BCUT2D eigenvalue weighted by molar-refractivity contribution is 5.94. The van der Waals surface area contributed by atoms with Crippen LogP contribution in [0.5, 0.6) is 23.0 Å². The highest BCUT2D eigenvalue weighted by Gasteiger charge is 2.17. The Morgan fingerprint density at radius 2 is 0.705 bits per heavy atom. The van der Waals surface area contributed by atoms with Crippen molar-refractivity contribution in [3.63, 3.8) is 0 Å². The Morgan fingerprint density at radius 3 is 1.10 bits per heavy atom. The molecular formula is C66H70O12. The molecule has 0 N–H and O–H groups in total. The molecule has 0 aromatic heterocycles. The van der Waals surface area contributed by atoms with Crippen LogP contribution in [0.15, 0.2) is 135 Å². The third kappa shape index (κ3) is 19.9. The summed E-state index contributed by atoms with van der Waals surface area (Å²) in [5.74, 6) is 13.6. The Hall–Kier alpha value is -8.48. The van der Waals surface area contributed by atoms with Crippen LogP contribution in [-0.4, -0.2) is 76.7 Å². The van der Waals surface area contributed by atoms with E-state index in [1.165, 1.54) is 12.2 Å². The minimum atomic E-state index is -0.456. The first-order chi connectivity index (χ1) is 38.2. The lowest BCUT2D eigenvalue weighted by molar-refractivity contribution is -0.138. The maximum Gasteiger partial charge on any atom is 0.341 e. The lowest BCUT2D eigenvalue weighted by Gasteiger charge is -2.13. The van der Waals surface area contributed by atoms with Gasteiger partial charge in [0.05, 0.1) is 52.9 Å². The summed E-state index contributed by atoms with van der Waals surface area (Å²) in [7, 11) is 0. The zero-order valence-electron chi connectivity index (χ0n) is 45.0. The molecule has 0 radical (unpaired) electrons. The van der Waals surface area contributed by atoms with Crippen molar-refractivity contribution in [2.24, 2.45) is 0 Å². The van der Waals surface area contributed by atoms with Gasteiger partial charge in [0, 0.05) is 34.4 Å². The van der Waals surface area contributed by atoms with Gasteiger partial charge >= 0.3 is 23.9 Å². The molecule has 0 heterocycles. The monoisotopic (exact) mass is 1050 g/mol. The van der Waals surface area contributed by atoms with Crippen LogP contribution >= 0.6 is 0 Å². The molecule has 0 aliphatic rings. The predicted octanol–water partition coefficient (Wildman–Crippen LogP) is 13.5. The normalized spacial score (nSPS) is 10.5. The fourth-order valence-electron chi connectivity index (χ4n) is 7.93. The molecule has 0 aliphatic heterocycles. The lowest BCUT2D eigenvalue weighted by atomic mass is 10.1. The number of ether oxygens (including phenoxy) is 8. The van der Waals surface area contributed by atoms with Gasteiger partial charge in [-0.1, -0.05) is 75.0 Å². The molecule has 12 heteroatoms. The van der Waals surface area contributed by atoms with E-state index in [9.17, 15) is 19.2 Å². The molecule has 0 saturated heterocycles.